The molecular formula is C15H15BrCl2N2. The highest BCUT2D eigenvalue weighted by Crippen LogP contribution is 2.26. The summed E-state index contributed by atoms with van der Waals surface area (Å²) in [5, 5.41) is 1.17. The van der Waals surface area contributed by atoms with E-state index in [9.17, 15) is 0 Å². The summed E-state index contributed by atoms with van der Waals surface area (Å²) in [6, 6.07) is 13.9. The molecule has 0 radical (unpaired) electrons. The molecule has 0 spiro atoms. The van der Waals surface area contributed by atoms with Crippen molar-refractivity contribution in [3.63, 3.8) is 0 Å². The zero-order chi connectivity index (χ0) is 14.5. The molecule has 3 N–H and O–H groups in total. The molecule has 0 aliphatic heterocycles. The van der Waals surface area contributed by atoms with Crippen LogP contribution in [0.15, 0.2) is 46.9 Å². The van der Waals surface area contributed by atoms with Gasteiger partial charge < -0.3 is 0 Å². The summed E-state index contributed by atoms with van der Waals surface area (Å²) in [6.45, 7) is 0. The Hall–Kier alpha value is -0.580. The second kappa shape index (κ2) is 7.43. The van der Waals surface area contributed by atoms with Gasteiger partial charge in [0.2, 0.25) is 0 Å². The smallest absolute Gasteiger partial charge is 0.0624 e. The lowest BCUT2D eigenvalue weighted by atomic mass is 9.99. The van der Waals surface area contributed by atoms with Crippen molar-refractivity contribution in [1.29, 1.82) is 0 Å². The molecule has 0 aromatic heterocycles. The summed E-state index contributed by atoms with van der Waals surface area (Å²) in [6.07, 6.45) is 1.54. The van der Waals surface area contributed by atoms with Gasteiger partial charge in [-0.1, -0.05) is 63.4 Å². The number of hydrazine groups is 1. The lowest BCUT2D eigenvalue weighted by molar-refractivity contribution is 0.522. The highest BCUT2D eigenvalue weighted by atomic mass is 79.9. The lowest BCUT2D eigenvalue weighted by Gasteiger charge is -2.17. The molecule has 0 aliphatic carbocycles. The molecule has 2 rings (SSSR count). The van der Waals surface area contributed by atoms with Gasteiger partial charge in [0.25, 0.3) is 0 Å². The summed E-state index contributed by atoms with van der Waals surface area (Å²) in [5.41, 5.74) is 5.05. The van der Waals surface area contributed by atoms with Gasteiger partial charge in [-0.25, -0.2) is 0 Å². The Balaban J connectivity index is 2.11. The molecule has 1 unspecified atom stereocenters. The van der Waals surface area contributed by atoms with Gasteiger partial charge in [-0.3, -0.25) is 11.3 Å². The standard InChI is InChI=1S/C15H15BrCl2N2/c16-12-5-1-3-10(7-12)8-13(20-19)9-11-4-2-6-14(17)15(11)18/h1-7,13,20H,8-9,19H2. The molecule has 0 saturated heterocycles. The van der Waals surface area contributed by atoms with Gasteiger partial charge >= 0.3 is 0 Å². The highest BCUT2D eigenvalue weighted by Gasteiger charge is 2.12. The van der Waals surface area contributed by atoms with Crippen molar-refractivity contribution in [3.8, 4) is 0 Å². The summed E-state index contributed by atoms with van der Waals surface area (Å²) < 4.78 is 1.06. The van der Waals surface area contributed by atoms with E-state index in [-0.39, 0.29) is 6.04 Å². The Bertz CT molecular complexity index is 590. The van der Waals surface area contributed by atoms with Gasteiger partial charge in [-0.2, -0.15) is 0 Å². The molecule has 2 nitrogen and oxygen atoms in total. The van der Waals surface area contributed by atoms with Gasteiger partial charge in [-0.05, 0) is 42.2 Å². The Labute approximate surface area is 137 Å². The van der Waals surface area contributed by atoms with E-state index >= 15 is 0 Å². The third-order valence-corrected chi connectivity index (χ3v) is 4.46. The Morgan fingerprint density at radius 2 is 1.85 bits per heavy atom. The molecule has 0 aliphatic rings. The maximum absolute atomic E-state index is 6.21. The first-order valence-corrected chi connectivity index (χ1v) is 7.78. The molecule has 2 aromatic rings. The number of benzene rings is 2. The summed E-state index contributed by atoms with van der Waals surface area (Å²) in [5.74, 6) is 5.66. The second-order valence-electron chi connectivity index (χ2n) is 4.61. The second-order valence-corrected chi connectivity index (χ2v) is 6.32. The first kappa shape index (κ1) is 15.8. The van der Waals surface area contributed by atoms with E-state index in [1.807, 2.05) is 24.3 Å². The van der Waals surface area contributed by atoms with E-state index in [0.717, 1.165) is 22.9 Å². The number of nitrogens with one attached hydrogen (secondary N) is 1. The van der Waals surface area contributed by atoms with Crippen LogP contribution in [-0.2, 0) is 12.8 Å². The van der Waals surface area contributed by atoms with Gasteiger partial charge in [0, 0.05) is 10.5 Å². The molecule has 106 valence electrons. The van der Waals surface area contributed by atoms with Gasteiger partial charge in [-0.15, -0.1) is 0 Å². The maximum Gasteiger partial charge on any atom is 0.0624 e. The minimum atomic E-state index is 0.0975. The largest absolute Gasteiger partial charge is 0.271 e. The van der Waals surface area contributed by atoms with Crippen molar-refractivity contribution in [2.75, 3.05) is 0 Å². The van der Waals surface area contributed by atoms with Crippen LogP contribution in [0, 0.1) is 0 Å². The molecule has 0 bridgehead atoms. The van der Waals surface area contributed by atoms with Crippen LogP contribution in [-0.4, -0.2) is 6.04 Å². The van der Waals surface area contributed by atoms with Gasteiger partial charge in [0.15, 0.2) is 0 Å². The quantitative estimate of drug-likeness (QED) is 0.603. The van der Waals surface area contributed by atoms with E-state index < -0.39 is 0 Å². The van der Waals surface area contributed by atoms with Crippen molar-refractivity contribution in [1.82, 2.24) is 5.43 Å². The average molecular weight is 374 g/mol. The van der Waals surface area contributed by atoms with Crippen LogP contribution in [0.1, 0.15) is 11.1 Å². The fraction of sp³-hybridized carbons (Fsp3) is 0.200. The third kappa shape index (κ3) is 4.21. The van der Waals surface area contributed by atoms with E-state index in [0.29, 0.717) is 10.0 Å². The number of hydrogen-bond donors (Lipinski definition) is 2. The molecule has 1 atom stereocenters. The molecule has 0 saturated carbocycles. The fourth-order valence-electron chi connectivity index (χ4n) is 2.11. The minimum absolute atomic E-state index is 0.0975. The van der Waals surface area contributed by atoms with Crippen LogP contribution in [0.25, 0.3) is 0 Å². The predicted molar refractivity (Wildman–Crippen MR) is 89.1 cm³/mol. The predicted octanol–water partition coefficient (Wildman–Crippen LogP) is 4.37. The Kier molecular flexibility index (Phi) is 5.87. The molecule has 20 heavy (non-hydrogen) atoms. The highest BCUT2D eigenvalue weighted by molar-refractivity contribution is 9.10. The molecular weight excluding hydrogens is 359 g/mol. The van der Waals surface area contributed by atoms with E-state index in [2.05, 4.69) is 33.5 Å². The van der Waals surface area contributed by atoms with E-state index in [1.54, 1.807) is 6.07 Å². The van der Waals surface area contributed by atoms with Crippen molar-refractivity contribution < 1.29 is 0 Å². The normalized spacial score (nSPS) is 12.4. The third-order valence-electron chi connectivity index (χ3n) is 3.10. The topological polar surface area (TPSA) is 38.0 Å². The summed E-state index contributed by atoms with van der Waals surface area (Å²) >= 11 is 15.7. The van der Waals surface area contributed by atoms with Gasteiger partial charge in [0.05, 0.1) is 10.0 Å². The molecule has 0 fully saturated rings. The first-order chi connectivity index (χ1) is 9.60. The van der Waals surface area contributed by atoms with E-state index in [1.165, 1.54) is 5.56 Å². The molecule has 5 heteroatoms. The average Bonchev–Trinajstić information content (AvgIpc) is 2.43. The van der Waals surface area contributed by atoms with Crippen LogP contribution in [0.4, 0.5) is 0 Å². The Morgan fingerprint density at radius 1 is 1.10 bits per heavy atom. The monoisotopic (exact) mass is 372 g/mol. The molecule has 2 aromatic carbocycles. The SMILES string of the molecule is NNC(Cc1cccc(Br)c1)Cc1cccc(Cl)c1Cl. The van der Waals surface area contributed by atoms with Crippen LogP contribution in [0.5, 0.6) is 0 Å². The zero-order valence-corrected chi connectivity index (χ0v) is 13.8. The zero-order valence-electron chi connectivity index (χ0n) is 10.7. The van der Waals surface area contributed by atoms with E-state index in [4.69, 9.17) is 29.0 Å². The maximum atomic E-state index is 6.21. The Morgan fingerprint density at radius 3 is 2.55 bits per heavy atom. The molecule has 0 amide bonds. The van der Waals surface area contributed by atoms with Crippen LogP contribution >= 0.6 is 39.1 Å². The van der Waals surface area contributed by atoms with Crippen molar-refractivity contribution >= 4 is 39.1 Å². The molecule has 0 heterocycles. The minimum Gasteiger partial charge on any atom is -0.271 e. The number of rotatable bonds is 5. The van der Waals surface area contributed by atoms with Gasteiger partial charge in [0.1, 0.15) is 0 Å². The fourth-order valence-corrected chi connectivity index (χ4v) is 2.95. The number of hydrogen-bond acceptors (Lipinski definition) is 2. The van der Waals surface area contributed by atoms with Crippen LogP contribution in [0.2, 0.25) is 10.0 Å². The van der Waals surface area contributed by atoms with Crippen molar-refractivity contribution in [3.05, 3.63) is 68.1 Å². The number of nitrogens with two attached hydrogens (primary N) is 1. The van der Waals surface area contributed by atoms with Crippen LogP contribution in [0.3, 0.4) is 0 Å². The summed E-state index contributed by atoms with van der Waals surface area (Å²) in [7, 11) is 0. The van der Waals surface area contributed by atoms with Crippen molar-refractivity contribution in [2.24, 2.45) is 5.84 Å². The van der Waals surface area contributed by atoms with Crippen LogP contribution < -0.4 is 11.3 Å². The first-order valence-electron chi connectivity index (χ1n) is 6.23. The number of halogens is 3. The summed E-state index contributed by atoms with van der Waals surface area (Å²) in [4.78, 5) is 0. The lowest BCUT2D eigenvalue weighted by Crippen LogP contribution is -2.38. The van der Waals surface area contributed by atoms with Crippen molar-refractivity contribution in [2.45, 2.75) is 18.9 Å².